The van der Waals surface area contributed by atoms with Gasteiger partial charge in [-0.2, -0.15) is 18.4 Å². The molecule has 9 heteroatoms. The summed E-state index contributed by atoms with van der Waals surface area (Å²) in [5.41, 5.74) is 1.47. The zero-order valence-electron chi connectivity index (χ0n) is 19.0. The highest BCUT2D eigenvalue weighted by Crippen LogP contribution is 2.35. The highest BCUT2D eigenvalue weighted by molar-refractivity contribution is 5.96. The van der Waals surface area contributed by atoms with Gasteiger partial charge in [0.25, 0.3) is 0 Å². The van der Waals surface area contributed by atoms with E-state index in [1.54, 1.807) is 12.1 Å². The molecule has 1 aliphatic rings. The summed E-state index contributed by atoms with van der Waals surface area (Å²) in [4.78, 5) is 14.3. The lowest BCUT2D eigenvalue weighted by atomic mass is 10.0. The number of anilines is 1. The van der Waals surface area contributed by atoms with Crippen molar-refractivity contribution in [1.82, 2.24) is 9.88 Å². The Morgan fingerprint density at radius 2 is 1.94 bits per heavy atom. The number of alkyl halides is 3. The molecule has 2 heterocycles. The lowest BCUT2D eigenvalue weighted by molar-refractivity contribution is -0.138. The minimum atomic E-state index is -4.54. The first-order valence-electron chi connectivity index (χ1n) is 11.3. The molecule has 1 saturated heterocycles. The number of nitriles is 1. The zero-order valence-corrected chi connectivity index (χ0v) is 19.0. The summed E-state index contributed by atoms with van der Waals surface area (Å²) in [6.45, 7) is 2.30. The summed E-state index contributed by atoms with van der Waals surface area (Å²) in [5, 5.41) is 12.4. The van der Waals surface area contributed by atoms with Gasteiger partial charge in [0.2, 0.25) is 5.91 Å². The average Bonchev–Trinajstić information content (AvgIpc) is 3.22. The Bertz CT molecular complexity index is 1270. The molecule has 1 aliphatic heterocycles. The Morgan fingerprint density at radius 3 is 2.69 bits per heavy atom. The second-order valence-corrected chi connectivity index (χ2v) is 8.19. The van der Waals surface area contributed by atoms with Gasteiger partial charge in [0.1, 0.15) is 0 Å². The topological polar surface area (TPSA) is 70.3 Å². The maximum Gasteiger partial charge on any atom is 0.416 e. The second kappa shape index (κ2) is 10.7. The van der Waals surface area contributed by atoms with Gasteiger partial charge >= 0.3 is 6.18 Å². The van der Waals surface area contributed by atoms with Crippen molar-refractivity contribution in [1.29, 1.82) is 5.26 Å². The van der Waals surface area contributed by atoms with E-state index >= 15 is 0 Å². The van der Waals surface area contributed by atoms with E-state index in [1.165, 1.54) is 12.1 Å². The van der Waals surface area contributed by atoms with Crippen LogP contribution in [0.3, 0.4) is 0 Å². The van der Waals surface area contributed by atoms with E-state index in [0.29, 0.717) is 45.0 Å². The molecule has 4 rings (SSSR count). The molecule has 35 heavy (non-hydrogen) atoms. The van der Waals surface area contributed by atoms with Gasteiger partial charge in [0.15, 0.2) is 0 Å². The summed E-state index contributed by atoms with van der Waals surface area (Å²) in [7, 11) is 0. The van der Waals surface area contributed by atoms with E-state index in [0.717, 1.165) is 22.5 Å². The van der Waals surface area contributed by atoms with Crippen LogP contribution in [-0.2, 0) is 28.8 Å². The van der Waals surface area contributed by atoms with Gasteiger partial charge in [-0.25, -0.2) is 0 Å². The molecule has 0 spiro atoms. The molecule has 0 aliphatic carbocycles. The lowest BCUT2D eigenvalue weighted by Gasteiger charge is -2.29. The molecule has 1 aromatic heterocycles. The van der Waals surface area contributed by atoms with Crippen LogP contribution >= 0.6 is 0 Å². The number of nitrogens with one attached hydrogen (secondary N) is 1. The van der Waals surface area contributed by atoms with Gasteiger partial charge in [0.05, 0.1) is 31.3 Å². The molecule has 3 aromatic rings. The molecule has 0 bridgehead atoms. The Hall–Kier alpha value is -3.77. The molecule has 6 nitrogen and oxygen atoms in total. The molecule has 1 N–H and O–H groups in total. The summed E-state index contributed by atoms with van der Waals surface area (Å²) in [6, 6.07) is 14.0. The number of rotatable bonds is 7. The van der Waals surface area contributed by atoms with Gasteiger partial charge in [0, 0.05) is 60.6 Å². The largest absolute Gasteiger partial charge is 0.416 e. The van der Waals surface area contributed by atoms with Gasteiger partial charge in [-0.3, -0.25) is 4.79 Å². The monoisotopic (exact) mass is 482 g/mol. The minimum absolute atomic E-state index is 0.00404. The summed E-state index contributed by atoms with van der Waals surface area (Å²) in [6.07, 6.45) is 0.619. The normalized spacial score (nSPS) is 14.4. The van der Waals surface area contributed by atoms with Crippen LogP contribution in [0.15, 0.2) is 54.7 Å². The number of nitrogens with zero attached hydrogens (tertiary/aromatic N) is 3. The number of carbonyl (C=O) groups excluding carboxylic acids is 1. The van der Waals surface area contributed by atoms with E-state index < -0.39 is 17.6 Å². The Morgan fingerprint density at radius 1 is 1.17 bits per heavy atom. The van der Waals surface area contributed by atoms with E-state index in [1.807, 2.05) is 39.9 Å². The fourth-order valence-corrected chi connectivity index (χ4v) is 4.17. The molecule has 182 valence electrons. The summed E-state index contributed by atoms with van der Waals surface area (Å²) >= 11 is 0. The molecule has 0 saturated carbocycles. The Kier molecular flexibility index (Phi) is 7.42. The van der Waals surface area contributed by atoms with Crippen molar-refractivity contribution < 1.29 is 22.7 Å². The smallest absolute Gasteiger partial charge is 0.378 e. The first-order valence-corrected chi connectivity index (χ1v) is 11.3. The quantitative estimate of drug-likeness (QED) is 0.494. The van der Waals surface area contributed by atoms with Crippen molar-refractivity contribution in [2.75, 3.05) is 31.2 Å². The number of hydrogen-bond acceptors (Lipinski definition) is 4. The van der Waals surface area contributed by atoms with Crippen molar-refractivity contribution in [3.63, 3.8) is 0 Å². The third kappa shape index (κ3) is 5.84. The van der Waals surface area contributed by atoms with Gasteiger partial charge < -0.3 is 19.5 Å². The van der Waals surface area contributed by atoms with E-state index in [2.05, 4.69) is 11.4 Å². The fourth-order valence-electron chi connectivity index (χ4n) is 4.17. The number of amides is 1. The zero-order chi connectivity index (χ0) is 24.8. The van der Waals surface area contributed by atoms with Crippen LogP contribution in [-0.4, -0.2) is 36.8 Å². The standard InChI is InChI=1S/C26H25F3N4O2/c27-26(28,29)23-16-21(32-12-14-35-15-13-32)8-6-19(23)17-31-25(34)9-7-20-18-33(11-3-10-30)24-5-2-1-4-22(20)24/h1-2,4-9,16,18H,3,11-15,17H2,(H,31,34)/b9-7+. The first kappa shape index (κ1) is 24.4. The van der Waals surface area contributed by atoms with Gasteiger partial charge in [-0.1, -0.05) is 24.3 Å². The highest BCUT2D eigenvalue weighted by atomic mass is 19.4. The molecule has 0 radical (unpaired) electrons. The fraction of sp³-hybridized carbons (Fsp3) is 0.308. The van der Waals surface area contributed by atoms with Crippen molar-refractivity contribution >= 4 is 28.6 Å². The van der Waals surface area contributed by atoms with Gasteiger partial charge in [-0.15, -0.1) is 0 Å². The molecule has 1 fully saturated rings. The number of morpholine rings is 1. The first-order chi connectivity index (χ1) is 16.9. The molecule has 0 atom stereocenters. The predicted octanol–water partition coefficient (Wildman–Crippen LogP) is 4.74. The number of fused-ring (bicyclic) bond motifs is 1. The van der Waals surface area contributed by atoms with Crippen LogP contribution in [0.25, 0.3) is 17.0 Å². The number of benzene rings is 2. The number of aromatic nitrogens is 1. The van der Waals surface area contributed by atoms with E-state index in [-0.39, 0.29) is 12.1 Å². The van der Waals surface area contributed by atoms with Crippen LogP contribution in [0.1, 0.15) is 23.1 Å². The van der Waals surface area contributed by atoms with Crippen LogP contribution in [0.5, 0.6) is 0 Å². The number of para-hydroxylation sites is 1. The predicted molar refractivity (Wildman–Crippen MR) is 128 cm³/mol. The molecule has 1 amide bonds. The molecular weight excluding hydrogens is 457 g/mol. The van der Waals surface area contributed by atoms with Crippen LogP contribution < -0.4 is 10.2 Å². The molecular formula is C26H25F3N4O2. The van der Waals surface area contributed by atoms with Gasteiger partial charge in [-0.05, 0) is 29.8 Å². The number of ether oxygens (including phenoxy) is 1. The summed E-state index contributed by atoms with van der Waals surface area (Å²) in [5.74, 6) is -0.496. The SMILES string of the molecule is N#CCCn1cc(/C=C/C(=O)NCc2ccc(N3CCOCC3)cc2C(F)(F)F)c2ccccc21. The van der Waals surface area contributed by atoms with E-state index in [9.17, 15) is 18.0 Å². The Balaban J connectivity index is 1.47. The van der Waals surface area contributed by atoms with Crippen LogP contribution in [0, 0.1) is 11.3 Å². The third-order valence-electron chi connectivity index (χ3n) is 5.93. The lowest BCUT2D eigenvalue weighted by Crippen LogP contribution is -2.36. The van der Waals surface area contributed by atoms with Crippen molar-refractivity contribution in [2.24, 2.45) is 0 Å². The van der Waals surface area contributed by atoms with Crippen LogP contribution in [0.4, 0.5) is 18.9 Å². The second-order valence-electron chi connectivity index (χ2n) is 8.19. The van der Waals surface area contributed by atoms with Crippen molar-refractivity contribution in [2.45, 2.75) is 25.7 Å². The number of halogens is 3. The number of hydrogen-bond donors (Lipinski definition) is 1. The molecule has 0 unspecified atom stereocenters. The minimum Gasteiger partial charge on any atom is -0.378 e. The van der Waals surface area contributed by atoms with E-state index in [4.69, 9.17) is 10.00 Å². The third-order valence-corrected chi connectivity index (χ3v) is 5.93. The maximum atomic E-state index is 13.7. The number of aryl methyl sites for hydroxylation is 1. The summed E-state index contributed by atoms with van der Waals surface area (Å²) < 4.78 is 48.4. The van der Waals surface area contributed by atoms with Crippen molar-refractivity contribution in [3.8, 4) is 6.07 Å². The average molecular weight is 483 g/mol. The number of carbonyl (C=O) groups is 1. The molecule has 2 aromatic carbocycles. The van der Waals surface area contributed by atoms with Crippen LogP contribution in [0.2, 0.25) is 0 Å². The Labute approximate surface area is 201 Å². The maximum absolute atomic E-state index is 13.7. The highest BCUT2D eigenvalue weighted by Gasteiger charge is 2.34. The van der Waals surface area contributed by atoms with Crippen molar-refractivity contribution in [3.05, 3.63) is 71.4 Å².